The van der Waals surface area contributed by atoms with Gasteiger partial charge < -0.3 is 19.1 Å². The highest BCUT2D eigenvalue weighted by Crippen LogP contribution is 2.14. The third-order valence-corrected chi connectivity index (χ3v) is 3.24. The summed E-state index contributed by atoms with van der Waals surface area (Å²) in [5, 5.41) is 0. The lowest BCUT2D eigenvalue weighted by atomic mass is 10.1. The van der Waals surface area contributed by atoms with Crippen LogP contribution in [0.1, 0.15) is 18.9 Å². The highest BCUT2D eigenvalue weighted by molar-refractivity contribution is 6.56. The molecule has 0 spiro atoms. The topological polar surface area (TPSA) is 69.9 Å². The molecule has 0 saturated carbocycles. The molecule has 0 aliphatic rings. The minimum atomic E-state index is -3.86. The molecule has 0 aliphatic heterocycles. The molecular formula is C11H18O4Si. The van der Waals surface area contributed by atoms with Gasteiger partial charge in [0.15, 0.2) is 0 Å². The molecule has 0 fully saturated rings. The first-order valence-corrected chi connectivity index (χ1v) is 7.45. The van der Waals surface area contributed by atoms with Gasteiger partial charge in [0.25, 0.3) is 0 Å². The Hall–Kier alpha value is -0.883. The highest BCUT2D eigenvalue weighted by atomic mass is 28.4. The smallest absolute Gasteiger partial charge is 0.492 e. The zero-order valence-electron chi connectivity index (χ0n) is 9.39. The summed E-state index contributed by atoms with van der Waals surface area (Å²) in [5.41, 5.74) is 1.10. The fourth-order valence-corrected chi connectivity index (χ4v) is 2.10. The molecule has 5 heteroatoms. The Morgan fingerprint density at radius 2 is 1.75 bits per heavy atom. The summed E-state index contributed by atoms with van der Waals surface area (Å²) in [6, 6.07) is 7.75. The Bertz CT molecular complexity index is 305. The standard InChI is InChI=1S/C11H18O4Si/c1-2-15-11-7-5-10(6-8-11)4-3-9-16(12,13)14/h5-8,12-14H,2-4,9H2,1H3. The lowest BCUT2D eigenvalue weighted by Gasteiger charge is -2.09. The number of hydrogen-bond acceptors (Lipinski definition) is 4. The van der Waals surface area contributed by atoms with Gasteiger partial charge in [-0.3, -0.25) is 0 Å². The van der Waals surface area contributed by atoms with Crippen LogP contribution in [-0.2, 0) is 6.42 Å². The second-order valence-corrected chi connectivity index (χ2v) is 5.75. The van der Waals surface area contributed by atoms with Gasteiger partial charge in [-0.25, -0.2) is 0 Å². The first-order valence-electron chi connectivity index (χ1n) is 5.40. The van der Waals surface area contributed by atoms with Crippen molar-refractivity contribution in [3.63, 3.8) is 0 Å². The van der Waals surface area contributed by atoms with E-state index in [1.807, 2.05) is 31.2 Å². The highest BCUT2D eigenvalue weighted by Gasteiger charge is 2.25. The van der Waals surface area contributed by atoms with Crippen molar-refractivity contribution in [2.75, 3.05) is 6.61 Å². The third kappa shape index (κ3) is 5.27. The first-order chi connectivity index (χ1) is 7.51. The summed E-state index contributed by atoms with van der Waals surface area (Å²) >= 11 is 0. The molecule has 0 unspecified atom stereocenters. The molecule has 90 valence electrons. The molecule has 0 aromatic heterocycles. The van der Waals surface area contributed by atoms with E-state index in [0.717, 1.165) is 17.7 Å². The number of benzene rings is 1. The normalized spacial score (nSPS) is 11.5. The van der Waals surface area contributed by atoms with Crippen molar-refractivity contribution in [1.29, 1.82) is 0 Å². The zero-order valence-corrected chi connectivity index (χ0v) is 10.4. The molecule has 0 bridgehead atoms. The van der Waals surface area contributed by atoms with E-state index in [1.54, 1.807) is 0 Å². The molecular weight excluding hydrogens is 224 g/mol. The molecule has 0 saturated heterocycles. The zero-order chi connectivity index (χ0) is 12.0. The Kier molecular flexibility index (Phi) is 4.95. The van der Waals surface area contributed by atoms with E-state index in [9.17, 15) is 0 Å². The van der Waals surface area contributed by atoms with Crippen LogP contribution >= 0.6 is 0 Å². The summed E-state index contributed by atoms with van der Waals surface area (Å²) in [6.07, 6.45) is 1.30. The van der Waals surface area contributed by atoms with Crippen LogP contribution in [0, 0.1) is 0 Å². The maximum absolute atomic E-state index is 8.84. The molecule has 0 aliphatic carbocycles. The van der Waals surface area contributed by atoms with E-state index in [0.29, 0.717) is 13.0 Å². The molecule has 3 N–H and O–H groups in total. The monoisotopic (exact) mass is 242 g/mol. The Morgan fingerprint density at radius 1 is 1.12 bits per heavy atom. The molecule has 0 radical (unpaired) electrons. The first kappa shape index (κ1) is 13.2. The van der Waals surface area contributed by atoms with Crippen molar-refractivity contribution < 1.29 is 19.1 Å². The van der Waals surface area contributed by atoms with Gasteiger partial charge in [-0.2, -0.15) is 0 Å². The van der Waals surface area contributed by atoms with Gasteiger partial charge in [0.05, 0.1) is 6.61 Å². The van der Waals surface area contributed by atoms with E-state index in [2.05, 4.69) is 0 Å². The summed E-state index contributed by atoms with van der Waals surface area (Å²) in [6.45, 7) is 2.58. The average Bonchev–Trinajstić information content (AvgIpc) is 2.19. The predicted octanol–water partition coefficient (Wildman–Crippen LogP) is 0.934. The SMILES string of the molecule is CCOc1ccc(CCC[Si](O)(O)O)cc1. The number of rotatable bonds is 6. The van der Waals surface area contributed by atoms with Gasteiger partial charge in [-0.05, 0) is 37.5 Å². The third-order valence-electron chi connectivity index (χ3n) is 2.21. The summed E-state index contributed by atoms with van der Waals surface area (Å²) < 4.78 is 5.31. The minimum absolute atomic E-state index is 0.0835. The van der Waals surface area contributed by atoms with E-state index in [1.165, 1.54) is 0 Å². The van der Waals surface area contributed by atoms with E-state index in [-0.39, 0.29) is 6.04 Å². The minimum Gasteiger partial charge on any atom is -0.494 e. The average molecular weight is 242 g/mol. The van der Waals surface area contributed by atoms with Gasteiger partial charge in [-0.1, -0.05) is 12.1 Å². The lowest BCUT2D eigenvalue weighted by molar-refractivity contribution is 0.226. The van der Waals surface area contributed by atoms with E-state index in [4.69, 9.17) is 19.1 Å². The summed E-state index contributed by atoms with van der Waals surface area (Å²) in [5.74, 6) is 0.835. The molecule has 1 aromatic carbocycles. The van der Waals surface area contributed by atoms with Crippen molar-refractivity contribution in [1.82, 2.24) is 0 Å². The van der Waals surface area contributed by atoms with Gasteiger partial charge in [-0.15, -0.1) is 0 Å². The van der Waals surface area contributed by atoms with Crippen LogP contribution in [0.25, 0.3) is 0 Å². The van der Waals surface area contributed by atoms with Crippen LogP contribution in [0.3, 0.4) is 0 Å². The molecule has 0 amide bonds. The Labute approximate surface area is 96.5 Å². The molecule has 0 atom stereocenters. The number of ether oxygens (including phenoxy) is 1. The maximum Gasteiger partial charge on any atom is 0.492 e. The molecule has 4 nitrogen and oxygen atoms in total. The molecule has 1 aromatic rings. The van der Waals surface area contributed by atoms with Crippen LogP contribution < -0.4 is 4.74 Å². The Morgan fingerprint density at radius 3 is 2.25 bits per heavy atom. The quantitative estimate of drug-likeness (QED) is 0.649. The van der Waals surface area contributed by atoms with Gasteiger partial charge in [0.2, 0.25) is 0 Å². The predicted molar refractivity (Wildman–Crippen MR) is 63.1 cm³/mol. The summed E-state index contributed by atoms with van der Waals surface area (Å²) in [7, 11) is -3.86. The number of aryl methyl sites for hydroxylation is 1. The second-order valence-electron chi connectivity index (χ2n) is 3.70. The second kappa shape index (κ2) is 6.00. The molecule has 0 heterocycles. The van der Waals surface area contributed by atoms with Crippen molar-refractivity contribution >= 4 is 8.80 Å². The van der Waals surface area contributed by atoms with Crippen LogP contribution in [0.5, 0.6) is 5.75 Å². The van der Waals surface area contributed by atoms with Crippen molar-refractivity contribution in [3.05, 3.63) is 29.8 Å². The van der Waals surface area contributed by atoms with Crippen LogP contribution in [0.2, 0.25) is 6.04 Å². The van der Waals surface area contributed by atoms with Crippen LogP contribution in [-0.4, -0.2) is 29.8 Å². The van der Waals surface area contributed by atoms with E-state index >= 15 is 0 Å². The van der Waals surface area contributed by atoms with Crippen LogP contribution in [0.15, 0.2) is 24.3 Å². The van der Waals surface area contributed by atoms with Gasteiger partial charge in [0.1, 0.15) is 5.75 Å². The van der Waals surface area contributed by atoms with Crippen LogP contribution in [0.4, 0.5) is 0 Å². The maximum atomic E-state index is 8.84. The van der Waals surface area contributed by atoms with Crippen molar-refractivity contribution in [2.24, 2.45) is 0 Å². The number of hydrogen-bond donors (Lipinski definition) is 3. The van der Waals surface area contributed by atoms with Gasteiger partial charge in [0, 0.05) is 6.04 Å². The fourth-order valence-electron chi connectivity index (χ4n) is 1.45. The van der Waals surface area contributed by atoms with E-state index < -0.39 is 8.80 Å². The van der Waals surface area contributed by atoms with Crippen molar-refractivity contribution in [2.45, 2.75) is 25.8 Å². The summed E-state index contributed by atoms with van der Waals surface area (Å²) in [4.78, 5) is 26.5. The Balaban J connectivity index is 2.37. The van der Waals surface area contributed by atoms with Gasteiger partial charge >= 0.3 is 8.80 Å². The van der Waals surface area contributed by atoms with Crippen molar-refractivity contribution in [3.8, 4) is 5.75 Å². The largest absolute Gasteiger partial charge is 0.494 e. The lowest BCUT2D eigenvalue weighted by Crippen LogP contribution is -2.34. The molecule has 1 rings (SSSR count). The fraction of sp³-hybridized carbons (Fsp3) is 0.455. The molecule has 16 heavy (non-hydrogen) atoms.